The number of benzene rings is 3. The zero-order chi connectivity index (χ0) is 30.6. The van der Waals surface area contributed by atoms with Gasteiger partial charge in [-0.2, -0.15) is 0 Å². The number of carboxylic acid groups (broad SMARTS) is 1. The van der Waals surface area contributed by atoms with E-state index in [9.17, 15) is 44.7 Å². The van der Waals surface area contributed by atoms with Crippen molar-refractivity contribution in [3.63, 3.8) is 0 Å². The maximum Gasteiger partial charge on any atom is 0.338 e. The quantitative estimate of drug-likeness (QED) is 0.151. The van der Waals surface area contributed by atoms with Gasteiger partial charge in [-0.05, 0) is 61.9 Å². The zero-order valence-corrected chi connectivity index (χ0v) is 22.3. The van der Waals surface area contributed by atoms with Gasteiger partial charge in [0.1, 0.15) is 40.4 Å². The molecule has 0 bridgehead atoms. The van der Waals surface area contributed by atoms with Crippen molar-refractivity contribution in [3.05, 3.63) is 76.3 Å². The van der Waals surface area contributed by atoms with Crippen LogP contribution in [0.5, 0.6) is 28.7 Å². The number of carbonyl (C=O) groups is 4. The van der Waals surface area contributed by atoms with Gasteiger partial charge in [0.2, 0.25) is 5.78 Å². The normalized spacial score (nSPS) is 16.6. The van der Waals surface area contributed by atoms with Crippen LogP contribution in [-0.4, -0.2) is 81.5 Å². The Morgan fingerprint density at radius 1 is 0.881 bits per heavy atom. The van der Waals surface area contributed by atoms with Gasteiger partial charge in [-0.3, -0.25) is 9.59 Å². The van der Waals surface area contributed by atoms with E-state index < -0.39 is 69.7 Å². The van der Waals surface area contributed by atoms with E-state index in [0.29, 0.717) is 19.4 Å². The average molecular weight is 581 g/mol. The standard InChI is InChI=1S/C29H28N2O11/c1-41-17-11-18(28(38)39)24(22(35)12-17)26(36)25-20(33)9-15(10-21(25)34)29(40)42-23-3-2-8-30-13-19(23)31-27(37)14-4-6-16(32)7-5-14/h4-7,9-12,19,23,30,32-35H,2-3,8,13H2,1H3,(H,31,37)(H,38,39). The van der Waals surface area contributed by atoms with Crippen LogP contribution in [-0.2, 0) is 4.74 Å². The lowest BCUT2D eigenvalue weighted by molar-refractivity contribution is 0.0191. The zero-order valence-electron chi connectivity index (χ0n) is 22.3. The number of esters is 1. The van der Waals surface area contributed by atoms with Gasteiger partial charge in [0, 0.05) is 18.2 Å². The minimum atomic E-state index is -1.57. The second kappa shape index (κ2) is 12.5. The third-order valence-corrected chi connectivity index (χ3v) is 6.70. The first-order valence-electron chi connectivity index (χ1n) is 12.8. The number of rotatable bonds is 8. The van der Waals surface area contributed by atoms with Crippen LogP contribution in [0.1, 0.15) is 59.8 Å². The van der Waals surface area contributed by atoms with Crippen LogP contribution < -0.4 is 15.4 Å². The fourth-order valence-corrected chi connectivity index (χ4v) is 4.59. The van der Waals surface area contributed by atoms with Crippen LogP contribution >= 0.6 is 0 Å². The van der Waals surface area contributed by atoms with Gasteiger partial charge < -0.3 is 45.6 Å². The number of aromatic carboxylic acids is 1. The minimum Gasteiger partial charge on any atom is -0.508 e. The van der Waals surface area contributed by atoms with E-state index in [4.69, 9.17) is 9.47 Å². The molecular weight excluding hydrogens is 552 g/mol. The third kappa shape index (κ3) is 6.36. The van der Waals surface area contributed by atoms with E-state index in [1.165, 1.54) is 31.4 Å². The summed E-state index contributed by atoms with van der Waals surface area (Å²) in [7, 11) is 1.23. The molecule has 1 saturated heterocycles. The summed E-state index contributed by atoms with van der Waals surface area (Å²) in [5.41, 5.74) is -2.12. The molecule has 1 heterocycles. The van der Waals surface area contributed by atoms with Crippen LogP contribution in [0.3, 0.4) is 0 Å². The van der Waals surface area contributed by atoms with Crippen LogP contribution in [0, 0.1) is 0 Å². The fraction of sp³-hybridized carbons (Fsp3) is 0.241. The van der Waals surface area contributed by atoms with Gasteiger partial charge in [0.15, 0.2) is 0 Å². The SMILES string of the molecule is COc1cc(O)c(C(=O)c2c(O)cc(C(=O)OC3CCCNCC3NC(=O)c3ccc(O)cc3)cc2O)c(C(=O)O)c1. The van der Waals surface area contributed by atoms with Crippen molar-refractivity contribution in [2.24, 2.45) is 0 Å². The van der Waals surface area contributed by atoms with Gasteiger partial charge in [-0.1, -0.05) is 0 Å². The molecule has 2 unspecified atom stereocenters. The molecule has 0 aliphatic carbocycles. The number of phenols is 4. The Morgan fingerprint density at radius 2 is 1.52 bits per heavy atom. The molecule has 0 saturated carbocycles. The van der Waals surface area contributed by atoms with Crippen molar-refractivity contribution in [1.82, 2.24) is 10.6 Å². The molecule has 0 spiro atoms. The first kappa shape index (κ1) is 29.7. The Bertz CT molecular complexity index is 1510. The first-order valence-corrected chi connectivity index (χ1v) is 12.8. The molecule has 2 atom stereocenters. The summed E-state index contributed by atoms with van der Waals surface area (Å²) in [4.78, 5) is 50.8. The molecule has 1 aliphatic heterocycles. The summed E-state index contributed by atoms with van der Waals surface area (Å²) in [5, 5.41) is 56.5. The summed E-state index contributed by atoms with van der Waals surface area (Å²) < 4.78 is 10.6. The number of nitrogens with one attached hydrogen (secondary N) is 2. The lowest BCUT2D eigenvalue weighted by Crippen LogP contribution is -2.49. The average Bonchev–Trinajstić information content (AvgIpc) is 3.16. The number of carbonyl (C=O) groups excluding carboxylic acids is 3. The highest BCUT2D eigenvalue weighted by atomic mass is 16.5. The van der Waals surface area contributed by atoms with E-state index in [1.54, 1.807) is 0 Å². The number of phenolic OH excluding ortho intramolecular Hbond substituents is 4. The smallest absolute Gasteiger partial charge is 0.338 e. The molecule has 7 N–H and O–H groups in total. The van der Waals surface area contributed by atoms with Crippen molar-refractivity contribution in [3.8, 4) is 28.7 Å². The van der Waals surface area contributed by atoms with Crippen molar-refractivity contribution in [1.29, 1.82) is 0 Å². The summed E-state index contributed by atoms with van der Waals surface area (Å²) >= 11 is 0. The second-order valence-electron chi connectivity index (χ2n) is 9.51. The Morgan fingerprint density at radius 3 is 2.14 bits per heavy atom. The van der Waals surface area contributed by atoms with Crippen LogP contribution in [0.15, 0.2) is 48.5 Å². The molecule has 3 aromatic carbocycles. The number of ketones is 1. The highest BCUT2D eigenvalue weighted by Crippen LogP contribution is 2.36. The molecule has 0 aromatic heterocycles. The highest BCUT2D eigenvalue weighted by Gasteiger charge is 2.32. The van der Waals surface area contributed by atoms with Crippen molar-refractivity contribution in [2.45, 2.75) is 25.0 Å². The molecule has 1 fully saturated rings. The largest absolute Gasteiger partial charge is 0.508 e. The summed E-state index contributed by atoms with van der Waals surface area (Å²) in [6.07, 6.45) is 0.196. The van der Waals surface area contributed by atoms with Gasteiger partial charge in [-0.25, -0.2) is 9.59 Å². The van der Waals surface area contributed by atoms with E-state index in [1.807, 2.05) is 0 Å². The minimum absolute atomic E-state index is 0.00293. The van der Waals surface area contributed by atoms with Gasteiger partial charge in [0.25, 0.3) is 5.91 Å². The van der Waals surface area contributed by atoms with E-state index >= 15 is 0 Å². The second-order valence-corrected chi connectivity index (χ2v) is 9.51. The summed E-state index contributed by atoms with van der Waals surface area (Å²) in [6, 6.07) is 8.70. The Labute approximate surface area is 238 Å². The highest BCUT2D eigenvalue weighted by molar-refractivity contribution is 6.18. The first-order chi connectivity index (χ1) is 20.0. The molecule has 13 heteroatoms. The lowest BCUT2D eigenvalue weighted by atomic mass is 9.94. The molecule has 3 aromatic rings. The molecule has 4 rings (SSSR count). The number of carboxylic acids is 1. The molecule has 13 nitrogen and oxygen atoms in total. The predicted octanol–water partition coefficient (Wildman–Crippen LogP) is 2.15. The third-order valence-electron chi connectivity index (χ3n) is 6.70. The maximum atomic E-state index is 13.2. The molecule has 220 valence electrons. The van der Waals surface area contributed by atoms with Crippen molar-refractivity contribution >= 4 is 23.6 Å². The Hall–Kier alpha value is -5.30. The Balaban J connectivity index is 1.57. The number of amides is 1. The Kier molecular flexibility index (Phi) is 8.82. The molecule has 42 heavy (non-hydrogen) atoms. The van der Waals surface area contributed by atoms with Gasteiger partial charge in [-0.15, -0.1) is 0 Å². The molecule has 0 radical (unpaired) electrons. The lowest BCUT2D eigenvalue weighted by Gasteiger charge is -2.26. The number of hydrogen-bond donors (Lipinski definition) is 7. The number of ether oxygens (including phenoxy) is 2. The van der Waals surface area contributed by atoms with Crippen molar-refractivity contribution in [2.75, 3.05) is 20.2 Å². The van der Waals surface area contributed by atoms with Gasteiger partial charge in [0.05, 0.1) is 29.8 Å². The number of aromatic hydroxyl groups is 4. The predicted molar refractivity (Wildman–Crippen MR) is 145 cm³/mol. The summed E-state index contributed by atoms with van der Waals surface area (Å²) in [5.74, 6) is -6.74. The van der Waals surface area contributed by atoms with Crippen molar-refractivity contribution < 1.29 is 54.2 Å². The monoisotopic (exact) mass is 580 g/mol. The van der Waals surface area contributed by atoms with E-state index in [-0.39, 0.29) is 29.2 Å². The van der Waals surface area contributed by atoms with Crippen LogP contribution in [0.2, 0.25) is 0 Å². The fourth-order valence-electron chi connectivity index (χ4n) is 4.59. The topological polar surface area (TPSA) is 212 Å². The van der Waals surface area contributed by atoms with E-state index in [2.05, 4.69) is 10.6 Å². The number of methoxy groups -OCH3 is 1. The molecular formula is C29H28N2O11. The van der Waals surface area contributed by atoms with Gasteiger partial charge >= 0.3 is 11.9 Å². The number of hydrogen-bond acceptors (Lipinski definition) is 11. The van der Waals surface area contributed by atoms with Crippen LogP contribution in [0.4, 0.5) is 0 Å². The summed E-state index contributed by atoms with van der Waals surface area (Å²) in [6.45, 7) is 0.886. The molecule has 1 amide bonds. The van der Waals surface area contributed by atoms with E-state index in [0.717, 1.165) is 24.3 Å². The van der Waals surface area contributed by atoms with Crippen LogP contribution in [0.25, 0.3) is 0 Å². The maximum absolute atomic E-state index is 13.2. The molecule has 1 aliphatic rings.